The summed E-state index contributed by atoms with van der Waals surface area (Å²) in [4.78, 5) is 12.3. The van der Waals surface area contributed by atoms with E-state index >= 15 is 0 Å². The number of nitrogens with two attached hydrogens (primary N) is 1. The van der Waals surface area contributed by atoms with Crippen molar-refractivity contribution in [1.29, 1.82) is 0 Å². The summed E-state index contributed by atoms with van der Waals surface area (Å²) in [7, 11) is 0. The Bertz CT molecular complexity index is 564. The molecule has 1 amide bonds. The molecule has 2 rings (SSSR count). The van der Waals surface area contributed by atoms with Gasteiger partial charge < -0.3 is 5.73 Å². The van der Waals surface area contributed by atoms with E-state index in [4.69, 9.17) is 5.73 Å². The van der Waals surface area contributed by atoms with Gasteiger partial charge >= 0.3 is 0 Å². The highest BCUT2D eigenvalue weighted by molar-refractivity contribution is 9.10. The second kappa shape index (κ2) is 5.06. The zero-order valence-electron chi connectivity index (χ0n) is 8.25. The van der Waals surface area contributed by atoms with Gasteiger partial charge in [0.15, 0.2) is 0 Å². The number of anilines is 1. The lowest BCUT2D eigenvalue weighted by Crippen LogP contribution is -2.19. The number of rotatable bonds is 3. The smallest absolute Gasteiger partial charge is 0.297 e. The second-order valence-electron chi connectivity index (χ2n) is 2.86. The number of aromatic nitrogens is 2. The fraction of sp³-hybridized carbons (Fsp3) is 0. The molecule has 0 fully saturated rings. The highest BCUT2D eigenvalue weighted by Gasteiger charge is 2.14. The van der Waals surface area contributed by atoms with Crippen molar-refractivity contribution < 1.29 is 9.42 Å². The molecule has 0 aliphatic carbocycles. The maximum Gasteiger partial charge on any atom is 0.297 e. The molecule has 0 saturated carbocycles. The van der Waals surface area contributed by atoms with Gasteiger partial charge in [-0.2, -0.15) is 5.10 Å². The summed E-state index contributed by atoms with van der Waals surface area (Å²) in [6.45, 7) is 0. The zero-order chi connectivity index (χ0) is 12.3. The van der Waals surface area contributed by atoms with Gasteiger partial charge in [0.05, 0.1) is 6.21 Å². The first-order valence-corrected chi connectivity index (χ1v) is 5.99. The zero-order valence-corrected chi connectivity index (χ0v) is 10.7. The molecule has 0 spiro atoms. The molecule has 3 N–H and O–H groups in total. The molecule has 0 aliphatic rings. The van der Waals surface area contributed by atoms with Crippen LogP contribution in [-0.2, 0) is 0 Å². The molecule has 88 valence electrons. The third-order valence-electron chi connectivity index (χ3n) is 1.67. The highest BCUT2D eigenvalue weighted by atomic mass is 79.9. The van der Waals surface area contributed by atoms with E-state index in [1.54, 1.807) is 0 Å². The number of nitrogen functional groups attached to an aromatic ring is 1. The van der Waals surface area contributed by atoms with Crippen LogP contribution in [0.25, 0.3) is 0 Å². The number of nitrogens with zero attached hydrogens (tertiary/aromatic N) is 3. The summed E-state index contributed by atoms with van der Waals surface area (Å²) in [6.07, 6.45) is 1.51. The molecule has 0 aromatic carbocycles. The van der Waals surface area contributed by atoms with Gasteiger partial charge in [-0.3, -0.25) is 4.79 Å². The van der Waals surface area contributed by atoms with Gasteiger partial charge in [0, 0.05) is 14.7 Å². The number of thiophene rings is 1. The predicted octanol–water partition coefficient (Wildman–Crippen LogP) is 1.24. The maximum atomic E-state index is 11.4. The third-order valence-corrected chi connectivity index (χ3v) is 3.30. The van der Waals surface area contributed by atoms with Crippen molar-refractivity contribution in [3.05, 3.63) is 26.5 Å². The summed E-state index contributed by atoms with van der Waals surface area (Å²) in [5.41, 5.74) is 7.52. The maximum absolute atomic E-state index is 11.4. The van der Waals surface area contributed by atoms with E-state index in [2.05, 4.69) is 41.4 Å². The SMILES string of the molecule is Nc1nonc1C(=O)NN=Cc1cc(Br)cs1. The van der Waals surface area contributed by atoms with E-state index in [0.29, 0.717) is 0 Å². The molecule has 2 aromatic heterocycles. The Balaban J connectivity index is 1.97. The second-order valence-corrected chi connectivity index (χ2v) is 4.72. The largest absolute Gasteiger partial charge is 0.379 e. The van der Waals surface area contributed by atoms with Crippen molar-refractivity contribution in [3.63, 3.8) is 0 Å². The van der Waals surface area contributed by atoms with Crippen molar-refractivity contribution in [2.75, 3.05) is 5.73 Å². The minimum absolute atomic E-state index is 0.0726. The Morgan fingerprint density at radius 3 is 3.06 bits per heavy atom. The minimum Gasteiger partial charge on any atom is -0.379 e. The lowest BCUT2D eigenvalue weighted by molar-refractivity contribution is 0.0946. The van der Waals surface area contributed by atoms with E-state index in [0.717, 1.165) is 9.35 Å². The van der Waals surface area contributed by atoms with Gasteiger partial charge in [0.25, 0.3) is 5.91 Å². The van der Waals surface area contributed by atoms with Crippen molar-refractivity contribution in [1.82, 2.24) is 15.7 Å². The number of carbonyl (C=O) groups excluding carboxylic acids is 1. The van der Waals surface area contributed by atoms with Gasteiger partial charge in [-0.15, -0.1) is 11.3 Å². The minimum atomic E-state index is -0.573. The van der Waals surface area contributed by atoms with Crippen LogP contribution >= 0.6 is 27.3 Å². The fourth-order valence-electron chi connectivity index (χ4n) is 0.956. The molecule has 0 unspecified atom stereocenters. The molecule has 2 heterocycles. The number of hydrazone groups is 1. The molecule has 17 heavy (non-hydrogen) atoms. The normalized spacial score (nSPS) is 10.9. The number of halogens is 1. The Kier molecular flexibility index (Phi) is 3.49. The molecule has 0 aliphatic heterocycles. The Hall–Kier alpha value is -1.74. The fourth-order valence-corrected chi connectivity index (χ4v) is 2.26. The van der Waals surface area contributed by atoms with E-state index in [1.165, 1.54) is 17.6 Å². The predicted molar refractivity (Wildman–Crippen MR) is 65.8 cm³/mol. The standard InChI is InChI=1S/C8H6BrN5O2S/c9-4-1-5(17-3-4)2-11-12-8(15)6-7(10)14-16-13-6/h1-3H,(H2,10,14)(H,12,15). The quantitative estimate of drug-likeness (QED) is 0.654. The Morgan fingerprint density at radius 2 is 2.47 bits per heavy atom. The Labute approximate surface area is 108 Å². The average Bonchev–Trinajstić information content (AvgIpc) is 2.87. The van der Waals surface area contributed by atoms with Gasteiger partial charge in [0.2, 0.25) is 11.5 Å². The van der Waals surface area contributed by atoms with E-state index in [-0.39, 0.29) is 11.5 Å². The summed E-state index contributed by atoms with van der Waals surface area (Å²) in [5, 5.41) is 12.3. The molecule has 9 heteroatoms. The van der Waals surface area contributed by atoms with Crippen LogP contribution in [0.3, 0.4) is 0 Å². The number of nitrogens with one attached hydrogen (secondary N) is 1. The van der Waals surface area contributed by atoms with Crippen LogP contribution in [-0.4, -0.2) is 22.4 Å². The van der Waals surface area contributed by atoms with Crippen molar-refractivity contribution >= 4 is 45.2 Å². The van der Waals surface area contributed by atoms with Crippen LogP contribution in [0.15, 0.2) is 25.6 Å². The van der Waals surface area contributed by atoms with Crippen LogP contribution < -0.4 is 11.2 Å². The summed E-state index contributed by atoms with van der Waals surface area (Å²) >= 11 is 4.79. The van der Waals surface area contributed by atoms with Crippen LogP contribution in [0.1, 0.15) is 15.4 Å². The van der Waals surface area contributed by atoms with E-state index < -0.39 is 5.91 Å². The highest BCUT2D eigenvalue weighted by Crippen LogP contribution is 2.17. The number of amides is 1. The van der Waals surface area contributed by atoms with E-state index in [9.17, 15) is 4.79 Å². The first-order valence-electron chi connectivity index (χ1n) is 4.32. The lowest BCUT2D eigenvalue weighted by atomic mass is 10.4. The molecule has 0 radical (unpaired) electrons. The number of hydrogen-bond acceptors (Lipinski definition) is 7. The molecular formula is C8H6BrN5O2S. The number of carbonyl (C=O) groups is 1. The van der Waals surface area contributed by atoms with Gasteiger partial charge in [-0.05, 0) is 32.3 Å². The number of hydrogen-bond donors (Lipinski definition) is 2. The molecular weight excluding hydrogens is 310 g/mol. The van der Waals surface area contributed by atoms with Gasteiger partial charge in [-0.1, -0.05) is 0 Å². The van der Waals surface area contributed by atoms with Gasteiger partial charge in [-0.25, -0.2) is 10.1 Å². The third kappa shape index (κ3) is 2.88. The summed E-state index contributed by atoms with van der Waals surface area (Å²) < 4.78 is 5.25. The van der Waals surface area contributed by atoms with Crippen LogP contribution in [0, 0.1) is 0 Å². The summed E-state index contributed by atoms with van der Waals surface area (Å²) in [6, 6.07) is 1.87. The van der Waals surface area contributed by atoms with Crippen LogP contribution in [0.2, 0.25) is 0 Å². The van der Waals surface area contributed by atoms with Crippen LogP contribution in [0.5, 0.6) is 0 Å². The van der Waals surface area contributed by atoms with Crippen molar-refractivity contribution in [2.24, 2.45) is 5.10 Å². The first kappa shape index (κ1) is 11.7. The Morgan fingerprint density at radius 1 is 1.65 bits per heavy atom. The van der Waals surface area contributed by atoms with Gasteiger partial charge in [0.1, 0.15) is 0 Å². The molecule has 0 atom stereocenters. The summed E-state index contributed by atoms with van der Waals surface area (Å²) in [5.74, 6) is -0.646. The molecule has 0 saturated heterocycles. The molecule has 7 nitrogen and oxygen atoms in total. The monoisotopic (exact) mass is 315 g/mol. The van der Waals surface area contributed by atoms with E-state index in [1.807, 2.05) is 11.4 Å². The molecule has 0 bridgehead atoms. The topological polar surface area (TPSA) is 106 Å². The lowest BCUT2D eigenvalue weighted by Gasteiger charge is -1.93. The van der Waals surface area contributed by atoms with Crippen LogP contribution in [0.4, 0.5) is 5.82 Å². The first-order chi connectivity index (χ1) is 8.16. The molecule has 2 aromatic rings. The van der Waals surface area contributed by atoms with Crippen molar-refractivity contribution in [3.8, 4) is 0 Å². The average molecular weight is 316 g/mol. The van der Waals surface area contributed by atoms with Crippen molar-refractivity contribution in [2.45, 2.75) is 0 Å².